The minimum absolute atomic E-state index is 0.0657. The first-order valence-corrected chi connectivity index (χ1v) is 10.0. The molecule has 0 N–H and O–H groups in total. The summed E-state index contributed by atoms with van der Waals surface area (Å²) in [5.74, 6) is -5.16. The molecule has 0 amide bonds. The van der Waals surface area contributed by atoms with Crippen LogP contribution >= 0.6 is 11.3 Å². The molecule has 0 radical (unpaired) electrons. The van der Waals surface area contributed by atoms with Gasteiger partial charge in [-0.1, -0.05) is 6.07 Å². The standard InChI is InChI=1S/C20H23NO7S/c1-5-26-18(23)15-11(3)21-12(4)16(19(24)27-6-2)17(15)20(25)28-10-13(22)14-8-7-9-29-14/h7-9,15,17H,5-6,10H2,1-4H3/t15?,17-/m0/s1. The van der Waals surface area contributed by atoms with Crippen molar-refractivity contribution in [3.63, 3.8) is 0 Å². The smallest absolute Gasteiger partial charge is 0.336 e. The van der Waals surface area contributed by atoms with Gasteiger partial charge in [-0.2, -0.15) is 0 Å². The van der Waals surface area contributed by atoms with E-state index in [0.29, 0.717) is 10.6 Å². The summed E-state index contributed by atoms with van der Waals surface area (Å²) >= 11 is 1.23. The highest BCUT2D eigenvalue weighted by molar-refractivity contribution is 7.12. The molecule has 0 saturated carbocycles. The third-order valence-corrected chi connectivity index (χ3v) is 5.17. The Morgan fingerprint density at radius 1 is 1.00 bits per heavy atom. The minimum Gasteiger partial charge on any atom is -0.465 e. The van der Waals surface area contributed by atoms with E-state index >= 15 is 0 Å². The van der Waals surface area contributed by atoms with Gasteiger partial charge in [0.1, 0.15) is 11.8 Å². The SMILES string of the molecule is CCOC(=O)C1=C(C)N=C(C)C(C(=O)OCC)[C@@H]1C(=O)OCC(=O)c1cccs1. The molecule has 0 fully saturated rings. The lowest BCUT2D eigenvalue weighted by Gasteiger charge is -2.29. The highest BCUT2D eigenvalue weighted by atomic mass is 32.1. The number of allylic oxidation sites excluding steroid dienone is 1. The summed E-state index contributed by atoms with van der Waals surface area (Å²) in [6.45, 7) is 6.06. The second-order valence-corrected chi connectivity index (χ2v) is 7.14. The van der Waals surface area contributed by atoms with Crippen LogP contribution in [0, 0.1) is 11.8 Å². The number of aliphatic imine (C=N–C) groups is 1. The molecule has 2 heterocycles. The van der Waals surface area contributed by atoms with Crippen LogP contribution in [-0.4, -0.2) is 49.2 Å². The molecule has 2 atom stereocenters. The van der Waals surface area contributed by atoms with Crippen molar-refractivity contribution < 1.29 is 33.4 Å². The van der Waals surface area contributed by atoms with Gasteiger partial charge in [0, 0.05) is 11.4 Å². The van der Waals surface area contributed by atoms with E-state index in [0.717, 1.165) is 0 Å². The average Bonchev–Trinajstić information content (AvgIpc) is 3.20. The quantitative estimate of drug-likeness (QED) is 0.361. The summed E-state index contributed by atoms with van der Waals surface area (Å²) < 4.78 is 15.3. The Balaban J connectivity index is 2.34. The number of nitrogens with zero attached hydrogens (tertiary/aromatic N) is 1. The monoisotopic (exact) mass is 421 g/mol. The number of hydrogen-bond donors (Lipinski definition) is 0. The fourth-order valence-corrected chi connectivity index (χ4v) is 3.69. The van der Waals surface area contributed by atoms with Gasteiger partial charge in [0.15, 0.2) is 6.61 Å². The van der Waals surface area contributed by atoms with Gasteiger partial charge in [0.25, 0.3) is 0 Å². The van der Waals surface area contributed by atoms with Crippen LogP contribution in [0.1, 0.15) is 37.4 Å². The Bertz CT molecular complexity index is 854. The topological polar surface area (TPSA) is 108 Å². The molecule has 156 valence electrons. The van der Waals surface area contributed by atoms with Crippen molar-refractivity contribution in [2.24, 2.45) is 16.8 Å². The molecular formula is C20H23NO7S. The van der Waals surface area contributed by atoms with Gasteiger partial charge in [-0.25, -0.2) is 4.79 Å². The zero-order chi connectivity index (χ0) is 21.6. The van der Waals surface area contributed by atoms with Crippen LogP contribution in [0.4, 0.5) is 0 Å². The average molecular weight is 421 g/mol. The third kappa shape index (κ3) is 5.17. The van der Waals surface area contributed by atoms with Crippen molar-refractivity contribution >= 4 is 40.7 Å². The lowest BCUT2D eigenvalue weighted by Crippen LogP contribution is -2.43. The van der Waals surface area contributed by atoms with Gasteiger partial charge in [0.05, 0.1) is 23.7 Å². The number of rotatable bonds is 8. The Morgan fingerprint density at radius 2 is 1.66 bits per heavy atom. The number of ether oxygens (including phenoxy) is 3. The minimum atomic E-state index is -1.30. The highest BCUT2D eigenvalue weighted by Crippen LogP contribution is 2.33. The molecule has 0 spiro atoms. The van der Waals surface area contributed by atoms with Crippen LogP contribution < -0.4 is 0 Å². The first-order chi connectivity index (χ1) is 13.8. The van der Waals surface area contributed by atoms with Crippen LogP contribution in [0.5, 0.6) is 0 Å². The van der Waals surface area contributed by atoms with Crippen LogP contribution in [0.3, 0.4) is 0 Å². The normalized spacial score (nSPS) is 18.7. The van der Waals surface area contributed by atoms with Gasteiger partial charge in [0.2, 0.25) is 5.78 Å². The van der Waals surface area contributed by atoms with Gasteiger partial charge >= 0.3 is 17.9 Å². The molecule has 8 nitrogen and oxygen atoms in total. The first-order valence-electron chi connectivity index (χ1n) is 9.14. The predicted molar refractivity (Wildman–Crippen MR) is 106 cm³/mol. The fourth-order valence-electron chi connectivity index (χ4n) is 3.04. The van der Waals surface area contributed by atoms with Crippen LogP contribution in [0.15, 0.2) is 33.8 Å². The molecule has 1 unspecified atom stereocenters. The second-order valence-electron chi connectivity index (χ2n) is 6.19. The fraction of sp³-hybridized carbons (Fsp3) is 0.450. The number of thiophene rings is 1. The lowest BCUT2D eigenvalue weighted by atomic mass is 9.79. The van der Waals surface area contributed by atoms with Crippen molar-refractivity contribution in [2.45, 2.75) is 27.7 Å². The van der Waals surface area contributed by atoms with E-state index in [9.17, 15) is 19.2 Å². The van der Waals surface area contributed by atoms with E-state index in [1.165, 1.54) is 11.3 Å². The zero-order valence-corrected chi connectivity index (χ0v) is 17.5. The van der Waals surface area contributed by atoms with Crippen LogP contribution in [0.25, 0.3) is 0 Å². The second kappa shape index (κ2) is 10.1. The number of Topliss-reactive ketones (excluding diaryl/α,β-unsaturated/α-hetero) is 1. The van der Waals surface area contributed by atoms with E-state index in [1.54, 1.807) is 45.2 Å². The summed E-state index contributed by atoms with van der Waals surface area (Å²) in [5, 5.41) is 1.73. The Morgan fingerprint density at radius 3 is 2.24 bits per heavy atom. The van der Waals surface area contributed by atoms with Gasteiger partial charge in [-0.15, -0.1) is 11.3 Å². The number of carbonyl (C=O) groups is 4. The Hall–Kier alpha value is -2.81. The Labute approximate surface area is 172 Å². The molecular weight excluding hydrogens is 398 g/mol. The molecule has 1 aromatic rings. The predicted octanol–water partition coefficient (Wildman–Crippen LogP) is 2.58. The van der Waals surface area contributed by atoms with Crippen molar-refractivity contribution in [1.82, 2.24) is 0 Å². The van der Waals surface area contributed by atoms with Crippen molar-refractivity contribution in [3.8, 4) is 0 Å². The molecule has 2 rings (SSSR count). The number of ketones is 1. The maximum atomic E-state index is 12.9. The van der Waals surface area contributed by atoms with Crippen molar-refractivity contribution in [2.75, 3.05) is 19.8 Å². The molecule has 1 aromatic heterocycles. The molecule has 0 aromatic carbocycles. The summed E-state index contributed by atoms with van der Waals surface area (Å²) in [7, 11) is 0. The Kier molecular flexibility index (Phi) is 7.83. The van der Waals surface area contributed by atoms with Crippen LogP contribution in [0.2, 0.25) is 0 Å². The lowest BCUT2D eigenvalue weighted by molar-refractivity contribution is -0.157. The zero-order valence-electron chi connectivity index (χ0n) is 16.7. The van der Waals surface area contributed by atoms with Crippen LogP contribution in [-0.2, 0) is 28.6 Å². The van der Waals surface area contributed by atoms with E-state index in [1.807, 2.05) is 0 Å². The summed E-state index contributed by atoms with van der Waals surface area (Å²) in [4.78, 5) is 54.8. The van der Waals surface area contributed by atoms with Gasteiger partial charge < -0.3 is 14.2 Å². The molecule has 1 aliphatic heterocycles. The number of hydrogen-bond acceptors (Lipinski definition) is 9. The third-order valence-electron chi connectivity index (χ3n) is 4.26. The van der Waals surface area contributed by atoms with Gasteiger partial charge in [-0.3, -0.25) is 19.4 Å². The van der Waals surface area contributed by atoms with E-state index in [2.05, 4.69) is 4.99 Å². The largest absolute Gasteiger partial charge is 0.465 e. The van der Waals surface area contributed by atoms with Gasteiger partial charge in [-0.05, 0) is 39.1 Å². The maximum Gasteiger partial charge on any atom is 0.336 e. The molecule has 1 aliphatic rings. The maximum absolute atomic E-state index is 12.9. The summed E-state index contributed by atoms with van der Waals surface area (Å²) in [6.07, 6.45) is 0. The molecule has 0 saturated heterocycles. The molecule has 0 aliphatic carbocycles. The first kappa shape index (κ1) is 22.5. The van der Waals surface area contributed by atoms with Crippen molar-refractivity contribution in [3.05, 3.63) is 33.7 Å². The van der Waals surface area contributed by atoms with E-state index in [4.69, 9.17) is 14.2 Å². The summed E-state index contributed by atoms with van der Waals surface area (Å²) in [5.41, 5.74) is 0.512. The molecule has 29 heavy (non-hydrogen) atoms. The summed E-state index contributed by atoms with van der Waals surface area (Å²) in [6, 6.07) is 3.33. The van der Waals surface area contributed by atoms with E-state index in [-0.39, 0.29) is 30.3 Å². The van der Waals surface area contributed by atoms with Crippen molar-refractivity contribution in [1.29, 1.82) is 0 Å². The van der Waals surface area contributed by atoms with E-state index < -0.39 is 36.4 Å². The molecule has 0 bridgehead atoms. The highest BCUT2D eigenvalue weighted by Gasteiger charge is 2.46. The molecule has 9 heteroatoms. The number of carbonyl (C=O) groups excluding carboxylic acids is 4. The number of esters is 3.